The number of nitrogens with zero attached hydrogens (tertiary/aromatic N) is 1. The predicted molar refractivity (Wildman–Crippen MR) is 79.1 cm³/mol. The second-order valence-electron chi connectivity index (χ2n) is 4.64. The standard InChI is InChI=1S/C16H10BrF2NO2/c17-10-3-1-9(2-4-10)15(13(8-20)16(21)22)12-6-5-11(18)7-14(12)19/h1-7,13,15H,(H,21,22). The van der Waals surface area contributed by atoms with Crippen LogP contribution in [0.4, 0.5) is 8.78 Å². The Balaban J connectivity index is 2.62. The molecule has 0 aliphatic heterocycles. The highest BCUT2D eigenvalue weighted by Gasteiger charge is 2.32. The van der Waals surface area contributed by atoms with Crippen molar-refractivity contribution in [1.29, 1.82) is 5.26 Å². The van der Waals surface area contributed by atoms with E-state index in [1.165, 1.54) is 6.07 Å². The smallest absolute Gasteiger partial charge is 0.321 e. The van der Waals surface area contributed by atoms with E-state index in [9.17, 15) is 18.7 Å². The highest BCUT2D eigenvalue weighted by atomic mass is 79.9. The minimum absolute atomic E-state index is 0.0299. The summed E-state index contributed by atoms with van der Waals surface area (Å²) >= 11 is 3.25. The van der Waals surface area contributed by atoms with Gasteiger partial charge in [-0.3, -0.25) is 4.79 Å². The number of carboxylic acid groups (broad SMARTS) is 1. The third-order valence-electron chi connectivity index (χ3n) is 3.27. The Morgan fingerprint density at radius 2 is 1.82 bits per heavy atom. The Bertz CT molecular complexity index is 741. The van der Waals surface area contributed by atoms with Crippen molar-refractivity contribution in [3.63, 3.8) is 0 Å². The van der Waals surface area contributed by atoms with Gasteiger partial charge in [0.1, 0.15) is 11.6 Å². The lowest BCUT2D eigenvalue weighted by atomic mass is 9.81. The maximum absolute atomic E-state index is 14.1. The number of hydrogen-bond acceptors (Lipinski definition) is 2. The maximum Gasteiger partial charge on any atom is 0.321 e. The topological polar surface area (TPSA) is 61.1 Å². The molecule has 2 unspecified atom stereocenters. The van der Waals surface area contributed by atoms with Crippen molar-refractivity contribution in [2.45, 2.75) is 5.92 Å². The van der Waals surface area contributed by atoms with Gasteiger partial charge >= 0.3 is 5.97 Å². The van der Waals surface area contributed by atoms with E-state index in [-0.39, 0.29) is 5.56 Å². The summed E-state index contributed by atoms with van der Waals surface area (Å²) in [6.07, 6.45) is 0. The molecule has 2 aromatic carbocycles. The summed E-state index contributed by atoms with van der Waals surface area (Å²) in [7, 11) is 0. The van der Waals surface area contributed by atoms with E-state index in [1.54, 1.807) is 30.3 Å². The summed E-state index contributed by atoms with van der Waals surface area (Å²) in [5.74, 6) is -5.52. The molecule has 0 aliphatic rings. The SMILES string of the molecule is N#CC(C(=O)O)C(c1ccc(Br)cc1)c1ccc(F)cc1F. The third-order valence-corrected chi connectivity index (χ3v) is 3.79. The Hall–Kier alpha value is -2.26. The van der Waals surface area contributed by atoms with Gasteiger partial charge in [-0.1, -0.05) is 34.1 Å². The number of benzene rings is 2. The van der Waals surface area contributed by atoms with Gasteiger partial charge in [-0.2, -0.15) is 5.26 Å². The third kappa shape index (κ3) is 3.31. The molecule has 2 atom stereocenters. The van der Waals surface area contributed by atoms with E-state index in [1.807, 2.05) is 0 Å². The summed E-state index contributed by atoms with van der Waals surface area (Å²) in [4.78, 5) is 11.3. The van der Waals surface area contributed by atoms with Crippen LogP contribution in [-0.4, -0.2) is 11.1 Å². The average molecular weight is 366 g/mol. The summed E-state index contributed by atoms with van der Waals surface area (Å²) < 4.78 is 27.9. The second kappa shape index (κ2) is 6.67. The lowest BCUT2D eigenvalue weighted by Crippen LogP contribution is -2.22. The van der Waals surface area contributed by atoms with E-state index < -0.39 is 29.4 Å². The van der Waals surface area contributed by atoms with Crippen LogP contribution in [-0.2, 0) is 4.79 Å². The van der Waals surface area contributed by atoms with Gasteiger partial charge in [-0.05, 0) is 29.3 Å². The van der Waals surface area contributed by atoms with Crippen LogP contribution in [0.1, 0.15) is 17.0 Å². The van der Waals surface area contributed by atoms with Gasteiger partial charge in [0.15, 0.2) is 5.92 Å². The lowest BCUT2D eigenvalue weighted by Gasteiger charge is -2.21. The molecular weight excluding hydrogens is 356 g/mol. The van der Waals surface area contributed by atoms with E-state index in [0.717, 1.165) is 10.5 Å². The molecule has 0 heterocycles. The maximum atomic E-state index is 14.1. The zero-order valence-electron chi connectivity index (χ0n) is 11.1. The first-order chi connectivity index (χ1) is 10.4. The molecule has 112 valence electrons. The fourth-order valence-corrected chi connectivity index (χ4v) is 2.51. The highest BCUT2D eigenvalue weighted by Crippen LogP contribution is 2.34. The first-order valence-corrected chi connectivity index (χ1v) is 7.06. The molecule has 6 heteroatoms. The van der Waals surface area contributed by atoms with Crippen LogP contribution >= 0.6 is 15.9 Å². The molecule has 0 bridgehead atoms. The van der Waals surface area contributed by atoms with Gasteiger partial charge in [0, 0.05) is 16.5 Å². The van der Waals surface area contributed by atoms with Crippen molar-refractivity contribution in [3.8, 4) is 6.07 Å². The molecule has 0 saturated heterocycles. The lowest BCUT2D eigenvalue weighted by molar-refractivity contribution is -0.140. The van der Waals surface area contributed by atoms with E-state index in [2.05, 4.69) is 15.9 Å². The number of nitriles is 1. The minimum atomic E-state index is -1.49. The summed E-state index contributed by atoms with van der Waals surface area (Å²) in [6, 6.07) is 11.1. The number of carboxylic acids is 1. The molecule has 3 nitrogen and oxygen atoms in total. The molecule has 0 radical (unpaired) electrons. The summed E-state index contributed by atoms with van der Waals surface area (Å²) in [6.45, 7) is 0. The van der Waals surface area contributed by atoms with E-state index >= 15 is 0 Å². The van der Waals surface area contributed by atoms with Crippen molar-refractivity contribution in [1.82, 2.24) is 0 Å². The molecule has 2 rings (SSSR count). The number of hydrogen-bond donors (Lipinski definition) is 1. The summed E-state index contributed by atoms with van der Waals surface area (Å²) in [5.41, 5.74) is 0.431. The first kappa shape index (κ1) is 16.1. The number of carbonyl (C=O) groups is 1. The van der Waals surface area contributed by atoms with Crippen molar-refractivity contribution >= 4 is 21.9 Å². The Morgan fingerprint density at radius 1 is 1.18 bits per heavy atom. The van der Waals surface area contributed by atoms with Crippen LogP contribution in [0, 0.1) is 28.9 Å². The zero-order chi connectivity index (χ0) is 16.3. The van der Waals surface area contributed by atoms with Gasteiger partial charge in [-0.15, -0.1) is 0 Å². The summed E-state index contributed by atoms with van der Waals surface area (Å²) in [5, 5.41) is 18.4. The largest absolute Gasteiger partial charge is 0.480 e. The fourth-order valence-electron chi connectivity index (χ4n) is 2.25. The molecule has 22 heavy (non-hydrogen) atoms. The zero-order valence-corrected chi connectivity index (χ0v) is 12.7. The van der Waals surface area contributed by atoms with Crippen LogP contribution < -0.4 is 0 Å². The molecule has 0 amide bonds. The first-order valence-electron chi connectivity index (χ1n) is 6.27. The Kier molecular flexibility index (Phi) is 4.88. The van der Waals surface area contributed by atoms with Gasteiger partial charge in [0.25, 0.3) is 0 Å². The van der Waals surface area contributed by atoms with Crippen molar-refractivity contribution in [3.05, 3.63) is 69.7 Å². The van der Waals surface area contributed by atoms with Crippen LogP contribution in [0.25, 0.3) is 0 Å². The van der Waals surface area contributed by atoms with E-state index in [4.69, 9.17) is 5.26 Å². The van der Waals surface area contributed by atoms with Crippen LogP contribution in [0.2, 0.25) is 0 Å². The van der Waals surface area contributed by atoms with Crippen molar-refractivity contribution in [2.75, 3.05) is 0 Å². The number of halogens is 3. The van der Waals surface area contributed by atoms with Gasteiger partial charge in [0.2, 0.25) is 0 Å². The quantitative estimate of drug-likeness (QED) is 0.887. The van der Waals surface area contributed by atoms with Gasteiger partial charge < -0.3 is 5.11 Å². The van der Waals surface area contributed by atoms with Crippen LogP contribution in [0.15, 0.2) is 46.9 Å². The monoisotopic (exact) mass is 365 g/mol. The molecule has 2 aromatic rings. The molecule has 0 spiro atoms. The van der Waals surface area contributed by atoms with Crippen LogP contribution in [0.3, 0.4) is 0 Å². The van der Waals surface area contributed by atoms with E-state index in [0.29, 0.717) is 11.6 Å². The highest BCUT2D eigenvalue weighted by molar-refractivity contribution is 9.10. The minimum Gasteiger partial charge on any atom is -0.480 e. The van der Waals surface area contributed by atoms with Crippen molar-refractivity contribution < 1.29 is 18.7 Å². The number of rotatable bonds is 4. The average Bonchev–Trinajstić information content (AvgIpc) is 2.46. The van der Waals surface area contributed by atoms with Crippen molar-refractivity contribution in [2.24, 2.45) is 5.92 Å². The molecule has 1 N–H and O–H groups in total. The fraction of sp³-hybridized carbons (Fsp3) is 0.125. The molecule has 0 aliphatic carbocycles. The molecule has 0 saturated carbocycles. The second-order valence-corrected chi connectivity index (χ2v) is 5.56. The Morgan fingerprint density at radius 3 is 2.32 bits per heavy atom. The number of aliphatic carboxylic acids is 1. The molecule has 0 aromatic heterocycles. The van der Waals surface area contributed by atoms with Gasteiger partial charge in [0.05, 0.1) is 6.07 Å². The molecular formula is C16H10BrF2NO2. The van der Waals surface area contributed by atoms with Gasteiger partial charge in [-0.25, -0.2) is 8.78 Å². The van der Waals surface area contributed by atoms with Crippen LogP contribution in [0.5, 0.6) is 0 Å². The molecule has 0 fully saturated rings. The predicted octanol–water partition coefficient (Wildman–Crippen LogP) is 4.08. The normalized spacial score (nSPS) is 13.2. The Labute approximate surface area is 133 Å².